The van der Waals surface area contributed by atoms with Gasteiger partial charge in [-0.15, -0.1) is 0 Å². The average molecular weight is 286 g/mol. The Morgan fingerprint density at radius 1 is 1.24 bits per heavy atom. The van der Waals surface area contributed by atoms with Gasteiger partial charge >= 0.3 is 11.6 Å². The summed E-state index contributed by atoms with van der Waals surface area (Å²) in [6, 6.07) is 8.88. The Morgan fingerprint density at radius 2 is 2.00 bits per heavy atom. The van der Waals surface area contributed by atoms with Gasteiger partial charge < -0.3 is 13.9 Å². The zero-order chi connectivity index (χ0) is 15.0. The van der Waals surface area contributed by atoms with Gasteiger partial charge in [-0.1, -0.05) is 18.2 Å². The number of carbonyl (C=O) groups is 1. The molecule has 5 nitrogen and oxygen atoms in total. The zero-order valence-corrected chi connectivity index (χ0v) is 11.7. The Balaban J connectivity index is 2.22. The Hall–Kier alpha value is -2.56. The van der Waals surface area contributed by atoms with Crippen molar-refractivity contribution in [1.82, 2.24) is 0 Å². The minimum absolute atomic E-state index is 0.0845. The lowest BCUT2D eigenvalue weighted by molar-refractivity contribution is -0.135. The second kappa shape index (κ2) is 5.09. The third-order valence-electron chi connectivity index (χ3n) is 3.53. The number of methoxy groups -OCH3 is 1. The molecule has 0 bridgehead atoms. The van der Waals surface area contributed by atoms with Gasteiger partial charge in [0.05, 0.1) is 19.1 Å². The SMILES string of the molecule is COc1ccccc1[C@@H]1CC(=O)Oc2cc(C)oc(=O)c21. The molecule has 0 spiro atoms. The molecular formula is C16H14O5. The fraction of sp³-hybridized carbons (Fsp3) is 0.250. The van der Waals surface area contributed by atoms with E-state index in [1.54, 1.807) is 26.2 Å². The van der Waals surface area contributed by atoms with Crippen LogP contribution in [0.5, 0.6) is 11.5 Å². The van der Waals surface area contributed by atoms with Crippen LogP contribution in [0.4, 0.5) is 0 Å². The summed E-state index contributed by atoms with van der Waals surface area (Å²) in [4.78, 5) is 24.0. The molecule has 0 radical (unpaired) electrons. The molecule has 21 heavy (non-hydrogen) atoms. The summed E-state index contributed by atoms with van der Waals surface area (Å²) >= 11 is 0. The van der Waals surface area contributed by atoms with Gasteiger partial charge in [0, 0.05) is 17.5 Å². The van der Waals surface area contributed by atoms with E-state index in [0.29, 0.717) is 17.1 Å². The van der Waals surface area contributed by atoms with Crippen molar-refractivity contribution in [2.45, 2.75) is 19.3 Å². The normalized spacial score (nSPS) is 17.0. The van der Waals surface area contributed by atoms with Gasteiger partial charge in [-0.3, -0.25) is 4.79 Å². The first-order chi connectivity index (χ1) is 10.1. The minimum Gasteiger partial charge on any atom is -0.496 e. The summed E-state index contributed by atoms with van der Waals surface area (Å²) in [5.74, 6) is 0.518. The molecule has 0 aliphatic carbocycles. The van der Waals surface area contributed by atoms with Crippen LogP contribution in [0, 0.1) is 6.92 Å². The van der Waals surface area contributed by atoms with E-state index in [-0.39, 0.29) is 18.1 Å². The number of esters is 1. The zero-order valence-electron chi connectivity index (χ0n) is 11.7. The van der Waals surface area contributed by atoms with E-state index in [1.165, 1.54) is 0 Å². The monoisotopic (exact) mass is 286 g/mol. The number of hydrogen-bond donors (Lipinski definition) is 0. The van der Waals surface area contributed by atoms with Crippen molar-refractivity contribution in [3.05, 3.63) is 57.6 Å². The van der Waals surface area contributed by atoms with E-state index in [2.05, 4.69) is 0 Å². The molecule has 0 unspecified atom stereocenters. The van der Waals surface area contributed by atoms with E-state index >= 15 is 0 Å². The predicted molar refractivity (Wildman–Crippen MR) is 74.8 cm³/mol. The van der Waals surface area contributed by atoms with Crippen LogP contribution in [0.3, 0.4) is 0 Å². The summed E-state index contributed by atoms with van der Waals surface area (Å²) in [6.45, 7) is 1.64. The first-order valence-electron chi connectivity index (χ1n) is 6.58. The molecule has 0 fully saturated rings. The fourth-order valence-corrected chi connectivity index (χ4v) is 2.64. The number of fused-ring (bicyclic) bond motifs is 1. The van der Waals surface area contributed by atoms with Gasteiger partial charge in [0.25, 0.3) is 0 Å². The number of ether oxygens (including phenoxy) is 2. The van der Waals surface area contributed by atoms with Crippen LogP contribution in [0.25, 0.3) is 0 Å². The minimum atomic E-state index is -0.478. The third-order valence-corrected chi connectivity index (χ3v) is 3.53. The van der Waals surface area contributed by atoms with E-state index in [1.807, 2.05) is 18.2 Å². The number of aryl methyl sites for hydroxylation is 1. The molecule has 0 N–H and O–H groups in total. The molecule has 2 aromatic rings. The number of benzene rings is 1. The van der Waals surface area contributed by atoms with Gasteiger partial charge in [0.2, 0.25) is 0 Å². The molecule has 1 aromatic carbocycles. The first-order valence-corrected chi connectivity index (χ1v) is 6.58. The molecule has 2 heterocycles. The second-order valence-corrected chi connectivity index (χ2v) is 4.90. The number of rotatable bonds is 2. The van der Waals surface area contributed by atoms with E-state index < -0.39 is 11.5 Å². The molecule has 0 amide bonds. The average Bonchev–Trinajstić information content (AvgIpc) is 2.45. The van der Waals surface area contributed by atoms with Crippen molar-refractivity contribution in [1.29, 1.82) is 0 Å². The molecular weight excluding hydrogens is 272 g/mol. The predicted octanol–water partition coefficient (Wildman–Crippen LogP) is 2.40. The quantitative estimate of drug-likeness (QED) is 0.793. The lowest BCUT2D eigenvalue weighted by Crippen LogP contribution is -2.27. The van der Waals surface area contributed by atoms with Crippen LogP contribution in [-0.4, -0.2) is 13.1 Å². The maximum atomic E-state index is 12.2. The Kier molecular flexibility index (Phi) is 3.25. The molecule has 108 valence electrons. The van der Waals surface area contributed by atoms with Crippen molar-refractivity contribution in [3.8, 4) is 11.5 Å². The maximum Gasteiger partial charge on any atom is 0.343 e. The molecule has 0 saturated carbocycles. The van der Waals surface area contributed by atoms with Crippen LogP contribution in [-0.2, 0) is 4.79 Å². The summed E-state index contributed by atoms with van der Waals surface area (Å²) in [6.07, 6.45) is 0.0845. The van der Waals surface area contributed by atoms with Crippen LogP contribution in [0.1, 0.15) is 29.2 Å². The number of carbonyl (C=O) groups excluding carboxylic acids is 1. The summed E-state index contributed by atoms with van der Waals surface area (Å²) < 4.78 is 15.7. The molecule has 1 aliphatic rings. The van der Waals surface area contributed by atoms with E-state index in [9.17, 15) is 9.59 Å². The summed E-state index contributed by atoms with van der Waals surface area (Å²) in [7, 11) is 1.55. The largest absolute Gasteiger partial charge is 0.496 e. The maximum absolute atomic E-state index is 12.2. The highest BCUT2D eigenvalue weighted by Gasteiger charge is 2.33. The molecule has 5 heteroatoms. The third kappa shape index (κ3) is 2.31. The van der Waals surface area contributed by atoms with E-state index in [4.69, 9.17) is 13.9 Å². The Labute approximate surface area is 121 Å². The lowest BCUT2D eigenvalue weighted by atomic mass is 9.87. The van der Waals surface area contributed by atoms with Crippen molar-refractivity contribution < 1.29 is 18.7 Å². The van der Waals surface area contributed by atoms with Crippen molar-refractivity contribution in [2.24, 2.45) is 0 Å². The van der Waals surface area contributed by atoms with Crippen LogP contribution >= 0.6 is 0 Å². The highest BCUT2D eigenvalue weighted by atomic mass is 16.5. The molecule has 1 atom stereocenters. The van der Waals surface area contributed by atoms with Crippen molar-refractivity contribution >= 4 is 5.97 Å². The van der Waals surface area contributed by atoms with Crippen molar-refractivity contribution in [2.75, 3.05) is 7.11 Å². The molecule has 1 aliphatic heterocycles. The van der Waals surface area contributed by atoms with Crippen LogP contribution in [0.15, 0.2) is 39.5 Å². The lowest BCUT2D eigenvalue weighted by Gasteiger charge is -2.24. The molecule has 0 saturated heterocycles. The van der Waals surface area contributed by atoms with Gasteiger partial charge in [-0.25, -0.2) is 4.79 Å². The van der Waals surface area contributed by atoms with Gasteiger partial charge in [0.1, 0.15) is 17.3 Å². The van der Waals surface area contributed by atoms with Gasteiger partial charge in [0.15, 0.2) is 0 Å². The molecule has 1 aromatic heterocycles. The van der Waals surface area contributed by atoms with Crippen LogP contribution in [0.2, 0.25) is 0 Å². The highest BCUT2D eigenvalue weighted by molar-refractivity contribution is 5.77. The summed E-state index contributed by atoms with van der Waals surface area (Å²) in [5, 5.41) is 0. The Morgan fingerprint density at radius 3 is 2.76 bits per heavy atom. The van der Waals surface area contributed by atoms with Crippen LogP contribution < -0.4 is 15.1 Å². The van der Waals surface area contributed by atoms with Gasteiger partial charge in [-0.05, 0) is 13.0 Å². The van der Waals surface area contributed by atoms with Crippen molar-refractivity contribution in [3.63, 3.8) is 0 Å². The van der Waals surface area contributed by atoms with Gasteiger partial charge in [-0.2, -0.15) is 0 Å². The highest BCUT2D eigenvalue weighted by Crippen LogP contribution is 2.40. The second-order valence-electron chi connectivity index (χ2n) is 4.90. The van der Waals surface area contributed by atoms with E-state index in [0.717, 1.165) is 5.56 Å². The first kappa shape index (κ1) is 13.4. The standard InChI is InChI=1S/C16H14O5/c1-9-7-13-15(16(18)20-9)11(8-14(17)21-13)10-5-3-4-6-12(10)19-2/h3-7,11H,8H2,1-2H3/t11-/m0/s1. The molecule has 3 rings (SSSR count). The number of hydrogen-bond acceptors (Lipinski definition) is 5. The topological polar surface area (TPSA) is 65.7 Å². The Bertz CT molecular complexity index is 760. The fourth-order valence-electron chi connectivity index (χ4n) is 2.64. The smallest absolute Gasteiger partial charge is 0.343 e. The summed E-state index contributed by atoms with van der Waals surface area (Å²) in [5.41, 5.74) is 0.659. The number of para-hydroxylation sites is 1.